The molecule has 26 heavy (non-hydrogen) atoms. The first kappa shape index (κ1) is 15.8. The van der Waals surface area contributed by atoms with Gasteiger partial charge in [0.1, 0.15) is 10.7 Å². The van der Waals surface area contributed by atoms with Gasteiger partial charge in [0, 0.05) is 16.2 Å². The minimum absolute atomic E-state index is 0.0377. The van der Waals surface area contributed by atoms with Gasteiger partial charge in [-0.2, -0.15) is 16.7 Å². The van der Waals surface area contributed by atoms with Gasteiger partial charge < -0.3 is 9.51 Å². The molecule has 5 rings (SSSR count). The Hall–Kier alpha value is -2.45. The van der Waals surface area contributed by atoms with Crippen molar-refractivity contribution in [3.63, 3.8) is 0 Å². The van der Waals surface area contributed by atoms with Gasteiger partial charge in [-0.15, -0.1) is 11.3 Å². The maximum absolute atomic E-state index is 12.7. The van der Waals surface area contributed by atoms with Gasteiger partial charge in [0.15, 0.2) is 6.33 Å². The molecule has 1 aliphatic heterocycles. The second-order valence-corrected chi connectivity index (χ2v) is 8.30. The van der Waals surface area contributed by atoms with E-state index in [0.29, 0.717) is 18.1 Å². The molecule has 0 amide bonds. The summed E-state index contributed by atoms with van der Waals surface area (Å²) in [5.41, 5.74) is 3.10. The number of rotatable bonds is 3. The molecule has 0 saturated carbocycles. The molecule has 0 fully saturated rings. The number of aryl methyl sites for hydroxylation is 1. The summed E-state index contributed by atoms with van der Waals surface area (Å²) >= 11 is 3.56. The fourth-order valence-corrected chi connectivity index (χ4v) is 5.55. The summed E-state index contributed by atoms with van der Waals surface area (Å²) in [4.78, 5) is 26.5. The zero-order chi connectivity index (χ0) is 17.5. The zero-order valence-electron chi connectivity index (χ0n) is 13.7. The standard InChI is InChI=1S/C18H14N4O2S2/c23-17-15-12-5-6-25-8-13(12)26-18(15)22-16(21-17)11-3-1-10(2-4-11)7-14-19-9-20-24-14/h1-4,9H,5-8H2,(H,21,22,23). The Balaban J connectivity index is 1.51. The first-order valence-corrected chi connectivity index (χ1v) is 10.2. The van der Waals surface area contributed by atoms with E-state index < -0.39 is 0 Å². The van der Waals surface area contributed by atoms with Crippen molar-refractivity contribution in [2.45, 2.75) is 18.6 Å². The minimum Gasteiger partial charge on any atom is -0.339 e. The Morgan fingerprint density at radius 2 is 2.12 bits per heavy atom. The summed E-state index contributed by atoms with van der Waals surface area (Å²) in [7, 11) is 0. The summed E-state index contributed by atoms with van der Waals surface area (Å²) in [6, 6.07) is 7.89. The van der Waals surface area contributed by atoms with E-state index >= 15 is 0 Å². The summed E-state index contributed by atoms with van der Waals surface area (Å²) in [6.07, 6.45) is 2.93. The number of aromatic amines is 1. The Labute approximate surface area is 156 Å². The van der Waals surface area contributed by atoms with Gasteiger partial charge in [-0.3, -0.25) is 4.79 Å². The number of nitrogens with one attached hydrogen (secondary N) is 1. The number of H-pyrrole nitrogens is 1. The highest BCUT2D eigenvalue weighted by molar-refractivity contribution is 7.98. The van der Waals surface area contributed by atoms with Crippen molar-refractivity contribution < 1.29 is 4.52 Å². The fourth-order valence-electron chi connectivity index (χ4n) is 3.20. The molecule has 3 aromatic heterocycles. The number of aromatic nitrogens is 4. The fraction of sp³-hybridized carbons (Fsp3) is 0.222. The highest BCUT2D eigenvalue weighted by Crippen LogP contribution is 2.35. The number of nitrogens with zero attached hydrogens (tertiary/aromatic N) is 3. The molecule has 0 saturated heterocycles. The SMILES string of the molecule is O=c1[nH]c(-c2ccc(Cc3ncno3)cc2)nc2sc3c(c12)CCSC3. The van der Waals surface area contributed by atoms with Crippen LogP contribution in [0.3, 0.4) is 0 Å². The third-order valence-electron chi connectivity index (χ3n) is 4.46. The van der Waals surface area contributed by atoms with Gasteiger partial charge in [0.25, 0.3) is 5.56 Å². The predicted octanol–water partition coefficient (Wildman–Crippen LogP) is 3.41. The van der Waals surface area contributed by atoms with Crippen LogP contribution in [0.25, 0.3) is 21.6 Å². The Morgan fingerprint density at radius 1 is 1.23 bits per heavy atom. The number of benzene rings is 1. The summed E-state index contributed by atoms with van der Waals surface area (Å²) in [5.74, 6) is 3.24. The number of thioether (sulfide) groups is 1. The van der Waals surface area contributed by atoms with Crippen molar-refractivity contribution in [3.8, 4) is 11.4 Å². The number of fused-ring (bicyclic) bond motifs is 3. The van der Waals surface area contributed by atoms with Gasteiger partial charge in [-0.05, 0) is 23.3 Å². The van der Waals surface area contributed by atoms with Crippen molar-refractivity contribution >= 4 is 33.3 Å². The second kappa shape index (κ2) is 6.37. The quantitative estimate of drug-likeness (QED) is 0.584. The van der Waals surface area contributed by atoms with Gasteiger partial charge in [-0.1, -0.05) is 29.4 Å². The Bertz CT molecular complexity index is 1130. The van der Waals surface area contributed by atoms with Crippen LogP contribution in [0.2, 0.25) is 0 Å². The van der Waals surface area contributed by atoms with Crippen molar-refractivity contribution in [2.75, 3.05) is 5.75 Å². The average Bonchev–Trinajstić information content (AvgIpc) is 3.29. The van der Waals surface area contributed by atoms with E-state index in [1.165, 1.54) is 16.8 Å². The van der Waals surface area contributed by atoms with Crippen molar-refractivity contribution in [3.05, 3.63) is 62.8 Å². The van der Waals surface area contributed by atoms with Crippen LogP contribution in [0.1, 0.15) is 21.9 Å². The van der Waals surface area contributed by atoms with Gasteiger partial charge in [0.05, 0.1) is 11.8 Å². The van der Waals surface area contributed by atoms with Crippen LogP contribution < -0.4 is 5.56 Å². The third kappa shape index (κ3) is 2.75. The molecular formula is C18H14N4O2S2. The molecule has 4 heterocycles. The zero-order valence-corrected chi connectivity index (χ0v) is 15.3. The molecular weight excluding hydrogens is 368 g/mol. The van der Waals surface area contributed by atoms with Gasteiger partial charge >= 0.3 is 0 Å². The number of thiophene rings is 1. The average molecular weight is 382 g/mol. The Morgan fingerprint density at radius 3 is 2.92 bits per heavy atom. The Kier molecular flexibility index (Phi) is 3.86. The van der Waals surface area contributed by atoms with E-state index in [1.807, 2.05) is 36.0 Å². The minimum atomic E-state index is -0.0377. The normalized spacial score (nSPS) is 13.8. The van der Waals surface area contributed by atoms with Gasteiger partial charge in [-0.25, -0.2) is 4.98 Å². The van der Waals surface area contributed by atoms with Crippen LogP contribution in [0.5, 0.6) is 0 Å². The molecule has 0 spiro atoms. The van der Waals surface area contributed by atoms with Crippen molar-refractivity contribution in [2.24, 2.45) is 0 Å². The van der Waals surface area contributed by atoms with E-state index in [-0.39, 0.29) is 5.56 Å². The van der Waals surface area contributed by atoms with Crippen molar-refractivity contribution in [1.29, 1.82) is 0 Å². The first-order chi connectivity index (χ1) is 12.8. The van der Waals surface area contributed by atoms with E-state index in [1.54, 1.807) is 11.3 Å². The smallest absolute Gasteiger partial charge is 0.260 e. The number of hydrogen-bond acceptors (Lipinski definition) is 7. The second-order valence-electron chi connectivity index (χ2n) is 6.11. The van der Waals surface area contributed by atoms with Crippen LogP contribution in [-0.2, 0) is 18.6 Å². The third-order valence-corrected chi connectivity index (χ3v) is 6.76. The van der Waals surface area contributed by atoms with E-state index in [9.17, 15) is 4.79 Å². The molecule has 0 radical (unpaired) electrons. The van der Waals surface area contributed by atoms with Crippen LogP contribution in [0.4, 0.5) is 0 Å². The maximum atomic E-state index is 12.7. The van der Waals surface area contributed by atoms with E-state index in [2.05, 4.69) is 15.1 Å². The molecule has 1 aliphatic rings. The summed E-state index contributed by atoms with van der Waals surface area (Å²) < 4.78 is 5.03. The molecule has 0 bridgehead atoms. The lowest BCUT2D eigenvalue weighted by Crippen LogP contribution is -2.11. The lowest BCUT2D eigenvalue weighted by atomic mass is 10.1. The van der Waals surface area contributed by atoms with E-state index in [4.69, 9.17) is 9.51 Å². The van der Waals surface area contributed by atoms with E-state index in [0.717, 1.165) is 39.3 Å². The molecule has 1 N–H and O–H groups in total. The molecule has 6 nitrogen and oxygen atoms in total. The molecule has 1 aromatic carbocycles. The molecule has 0 aliphatic carbocycles. The molecule has 0 unspecified atom stereocenters. The topological polar surface area (TPSA) is 84.7 Å². The highest BCUT2D eigenvalue weighted by atomic mass is 32.2. The largest absolute Gasteiger partial charge is 0.339 e. The van der Waals surface area contributed by atoms with Crippen LogP contribution in [0, 0.1) is 0 Å². The van der Waals surface area contributed by atoms with Gasteiger partial charge in [0.2, 0.25) is 5.89 Å². The summed E-state index contributed by atoms with van der Waals surface area (Å²) in [5, 5.41) is 4.39. The van der Waals surface area contributed by atoms with Crippen LogP contribution >= 0.6 is 23.1 Å². The lowest BCUT2D eigenvalue weighted by Gasteiger charge is -2.09. The summed E-state index contributed by atoms with van der Waals surface area (Å²) in [6.45, 7) is 0. The molecule has 4 aromatic rings. The number of hydrogen-bond donors (Lipinski definition) is 1. The highest BCUT2D eigenvalue weighted by Gasteiger charge is 2.20. The first-order valence-electron chi connectivity index (χ1n) is 8.25. The molecule has 0 atom stereocenters. The monoisotopic (exact) mass is 382 g/mol. The van der Waals surface area contributed by atoms with Crippen molar-refractivity contribution in [1.82, 2.24) is 20.1 Å². The van der Waals surface area contributed by atoms with Crippen LogP contribution in [0.15, 0.2) is 39.9 Å². The van der Waals surface area contributed by atoms with Crippen LogP contribution in [-0.4, -0.2) is 25.9 Å². The molecule has 8 heteroatoms. The lowest BCUT2D eigenvalue weighted by molar-refractivity contribution is 0.384. The molecule has 130 valence electrons. The predicted molar refractivity (Wildman–Crippen MR) is 103 cm³/mol. The maximum Gasteiger partial charge on any atom is 0.260 e.